The first kappa shape index (κ1) is 37.4. The standard InChI is InChI=1S/C60H43N5/c1-60(2)51-24-14-12-22-45(51)47-36-50-49-35-43(30-32-54(49)64(56(50)37-52(47)60)44-20-10-5-11-21-44)39-28-26-38(27-29-39)42-31-33-55-48(34-42)46-23-13-15-25-53(46)65(55)59-62-57(40-16-6-3-7-17-40)61-58(63-59)41-18-8-4-9-19-41/h3-37,45,51H,1-2H3. The second-order valence-corrected chi connectivity index (χ2v) is 18.1. The molecule has 2 atom stereocenters. The minimum absolute atomic E-state index is 0.0368. The molecule has 0 saturated heterocycles. The Hall–Kier alpha value is -8.15. The molecule has 3 heterocycles. The Bertz CT molecular complexity index is 3670. The van der Waals surface area contributed by atoms with Gasteiger partial charge in [-0.15, -0.1) is 0 Å². The van der Waals surface area contributed by atoms with Crippen LogP contribution in [0.5, 0.6) is 0 Å². The number of rotatable bonds is 6. The minimum Gasteiger partial charge on any atom is -0.309 e. The van der Waals surface area contributed by atoms with Crippen LogP contribution in [0.15, 0.2) is 212 Å². The van der Waals surface area contributed by atoms with Gasteiger partial charge in [0.1, 0.15) is 0 Å². The topological polar surface area (TPSA) is 48.5 Å². The molecule has 0 spiro atoms. The SMILES string of the molecule is CC1(C)c2cc3c(cc2C2C=CC=CC21)c1cc(-c2ccc(-c4ccc5c(c4)c4ccccc4n5-c4nc(-c5ccccc5)nc(-c5ccccc5)n4)cc2)ccc1n3-c1ccccc1. The van der Waals surface area contributed by atoms with Crippen LogP contribution >= 0.6 is 0 Å². The summed E-state index contributed by atoms with van der Waals surface area (Å²) >= 11 is 0. The molecule has 0 aliphatic heterocycles. The molecule has 308 valence electrons. The third-order valence-corrected chi connectivity index (χ3v) is 14.1. The summed E-state index contributed by atoms with van der Waals surface area (Å²) in [5.41, 5.74) is 15.3. The quantitative estimate of drug-likeness (QED) is 0.168. The first-order chi connectivity index (χ1) is 32.0. The van der Waals surface area contributed by atoms with Gasteiger partial charge in [-0.05, 0) is 99.3 Å². The van der Waals surface area contributed by atoms with Crippen molar-refractivity contribution in [2.24, 2.45) is 5.92 Å². The lowest BCUT2D eigenvalue weighted by Crippen LogP contribution is -2.24. The zero-order valence-electron chi connectivity index (χ0n) is 36.1. The van der Waals surface area contributed by atoms with Crippen molar-refractivity contribution in [1.29, 1.82) is 0 Å². The number of aromatic nitrogens is 5. The van der Waals surface area contributed by atoms with Gasteiger partial charge in [-0.25, -0.2) is 4.98 Å². The molecule has 0 N–H and O–H groups in total. The second-order valence-electron chi connectivity index (χ2n) is 18.1. The summed E-state index contributed by atoms with van der Waals surface area (Å²) in [6.07, 6.45) is 9.27. The Morgan fingerprint density at radius 3 is 1.55 bits per heavy atom. The number of fused-ring (bicyclic) bond motifs is 9. The molecular formula is C60H43N5. The maximum absolute atomic E-state index is 5.11. The van der Waals surface area contributed by atoms with Crippen LogP contribution in [0.1, 0.15) is 30.9 Å². The number of hydrogen-bond donors (Lipinski definition) is 0. The van der Waals surface area contributed by atoms with Gasteiger partial charge in [0.15, 0.2) is 11.6 Å². The Morgan fingerprint density at radius 1 is 0.400 bits per heavy atom. The molecule has 11 aromatic rings. The van der Waals surface area contributed by atoms with Gasteiger partial charge in [-0.3, -0.25) is 4.57 Å². The van der Waals surface area contributed by atoms with Gasteiger partial charge < -0.3 is 4.57 Å². The Balaban J connectivity index is 0.906. The predicted octanol–water partition coefficient (Wildman–Crippen LogP) is 14.9. The van der Waals surface area contributed by atoms with Crippen LogP contribution < -0.4 is 0 Å². The first-order valence-corrected chi connectivity index (χ1v) is 22.5. The van der Waals surface area contributed by atoms with Crippen molar-refractivity contribution in [2.75, 3.05) is 0 Å². The fourth-order valence-corrected chi connectivity index (χ4v) is 10.8. The summed E-state index contributed by atoms with van der Waals surface area (Å²) in [4.78, 5) is 15.2. The molecule has 8 aromatic carbocycles. The van der Waals surface area contributed by atoms with Crippen LogP contribution in [0.4, 0.5) is 0 Å². The highest BCUT2D eigenvalue weighted by atomic mass is 15.2. The van der Waals surface area contributed by atoms with E-state index in [0.717, 1.165) is 44.1 Å². The zero-order chi connectivity index (χ0) is 43.2. The first-order valence-electron chi connectivity index (χ1n) is 22.5. The third kappa shape index (κ3) is 5.89. The van der Waals surface area contributed by atoms with Crippen molar-refractivity contribution in [3.63, 3.8) is 0 Å². The molecule has 13 rings (SSSR count). The Labute approximate surface area is 377 Å². The fourth-order valence-electron chi connectivity index (χ4n) is 10.8. The van der Waals surface area contributed by atoms with Crippen LogP contribution in [0.3, 0.4) is 0 Å². The van der Waals surface area contributed by atoms with E-state index in [2.05, 4.69) is 175 Å². The molecule has 0 fully saturated rings. The molecule has 65 heavy (non-hydrogen) atoms. The van der Waals surface area contributed by atoms with E-state index < -0.39 is 0 Å². The van der Waals surface area contributed by atoms with Crippen LogP contribution in [0.2, 0.25) is 0 Å². The van der Waals surface area contributed by atoms with E-state index >= 15 is 0 Å². The third-order valence-electron chi connectivity index (χ3n) is 14.1. The molecule has 2 aliphatic carbocycles. The van der Waals surface area contributed by atoms with Crippen LogP contribution in [-0.2, 0) is 5.41 Å². The van der Waals surface area contributed by atoms with Crippen molar-refractivity contribution < 1.29 is 0 Å². The van der Waals surface area contributed by atoms with Crippen molar-refractivity contribution in [3.8, 4) is 56.7 Å². The average molecular weight is 834 g/mol. The normalized spacial score (nSPS) is 16.2. The molecule has 2 unspecified atom stereocenters. The largest absolute Gasteiger partial charge is 0.309 e. The molecule has 3 aromatic heterocycles. The van der Waals surface area contributed by atoms with Crippen molar-refractivity contribution in [3.05, 3.63) is 223 Å². The van der Waals surface area contributed by atoms with Crippen LogP contribution in [0.25, 0.3) is 100 Å². The highest BCUT2D eigenvalue weighted by Gasteiger charge is 2.45. The summed E-state index contributed by atoms with van der Waals surface area (Å²) in [6, 6.07) is 67.5. The molecule has 0 saturated carbocycles. The van der Waals surface area contributed by atoms with E-state index in [9.17, 15) is 0 Å². The van der Waals surface area contributed by atoms with E-state index in [4.69, 9.17) is 15.0 Å². The highest BCUT2D eigenvalue weighted by molar-refractivity contribution is 6.12. The van der Waals surface area contributed by atoms with Gasteiger partial charge in [0.05, 0.1) is 22.1 Å². The van der Waals surface area contributed by atoms with Gasteiger partial charge in [-0.2, -0.15) is 9.97 Å². The molecule has 5 heteroatoms. The summed E-state index contributed by atoms with van der Waals surface area (Å²) < 4.78 is 4.64. The summed E-state index contributed by atoms with van der Waals surface area (Å²) in [5, 5.41) is 4.87. The number of benzene rings is 8. The number of nitrogens with zero attached hydrogens (tertiary/aromatic N) is 5. The maximum atomic E-state index is 5.11. The van der Waals surface area contributed by atoms with Crippen molar-refractivity contribution >= 4 is 43.6 Å². The summed E-state index contributed by atoms with van der Waals surface area (Å²) in [5.74, 6) is 2.71. The lowest BCUT2D eigenvalue weighted by atomic mass is 9.74. The summed E-state index contributed by atoms with van der Waals surface area (Å²) in [7, 11) is 0. The average Bonchev–Trinajstić information content (AvgIpc) is 3.96. The molecule has 0 radical (unpaired) electrons. The highest BCUT2D eigenvalue weighted by Crippen LogP contribution is 2.54. The smallest absolute Gasteiger partial charge is 0.238 e. The Morgan fingerprint density at radius 2 is 0.908 bits per heavy atom. The van der Waals surface area contributed by atoms with Gasteiger partial charge in [0, 0.05) is 44.3 Å². The van der Waals surface area contributed by atoms with E-state index in [0.29, 0.717) is 29.4 Å². The van der Waals surface area contributed by atoms with Gasteiger partial charge in [-0.1, -0.05) is 172 Å². The lowest BCUT2D eigenvalue weighted by molar-refractivity contribution is 0.394. The lowest BCUT2D eigenvalue weighted by Gasteiger charge is -2.29. The molecule has 0 bridgehead atoms. The number of allylic oxidation sites excluding steroid dienone is 4. The molecule has 5 nitrogen and oxygen atoms in total. The minimum atomic E-state index is 0.0368. The van der Waals surface area contributed by atoms with Crippen LogP contribution in [0, 0.1) is 5.92 Å². The van der Waals surface area contributed by atoms with E-state index in [1.165, 1.54) is 49.7 Å². The fraction of sp³-hybridized carbons (Fsp3) is 0.0833. The zero-order valence-corrected chi connectivity index (χ0v) is 36.1. The molecular weight excluding hydrogens is 791 g/mol. The van der Waals surface area contributed by atoms with Crippen LogP contribution in [-0.4, -0.2) is 24.1 Å². The monoisotopic (exact) mass is 833 g/mol. The number of para-hydroxylation sites is 2. The van der Waals surface area contributed by atoms with Gasteiger partial charge >= 0.3 is 0 Å². The van der Waals surface area contributed by atoms with Crippen molar-refractivity contribution in [1.82, 2.24) is 24.1 Å². The van der Waals surface area contributed by atoms with E-state index in [1.807, 2.05) is 60.7 Å². The van der Waals surface area contributed by atoms with Crippen molar-refractivity contribution in [2.45, 2.75) is 25.2 Å². The van der Waals surface area contributed by atoms with Gasteiger partial charge in [0.25, 0.3) is 0 Å². The maximum Gasteiger partial charge on any atom is 0.238 e. The van der Waals surface area contributed by atoms with Gasteiger partial charge in [0.2, 0.25) is 5.95 Å². The second kappa shape index (κ2) is 14.4. The predicted molar refractivity (Wildman–Crippen MR) is 268 cm³/mol. The Kier molecular flexibility index (Phi) is 8.31. The van der Waals surface area contributed by atoms with E-state index in [-0.39, 0.29) is 5.41 Å². The molecule has 0 amide bonds. The molecule has 2 aliphatic rings. The summed E-state index contributed by atoms with van der Waals surface area (Å²) in [6.45, 7) is 4.83. The van der Waals surface area contributed by atoms with E-state index in [1.54, 1.807) is 0 Å². The number of hydrogen-bond acceptors (Lipinski definition) is 3.